The zero-order valence-corrected chi connectivity index (χ0v) is 14.3. The number of hydrogen-bond donors (Lipinski definition) is 1. The van der Waals surface area contributed by atoms with Crippen LogP contribution in [0.25, 0.3) is 0 Å². The fraction of sp³-hybridized carbons (Fsp3) is 0.222. The largest absolute Gasteiger partial charge is 0.452 e. The summed E-state index contributed by atoms with van der Waals surface area (Å²) < 4.78 is 33.4. The van der Waals surface area contributed by atoms with E-state index in [1.807, 2.05) is 12.1 Å². The number of hydrogen-bond acceptors (Lipinski definition) is 4. The van der Waals surface area contributed by atoms with Crippen LogP contribution in [0.2, 0.25) is 5.02 Å². The number of rotatable bonds is 8. The van der Waals surface area contributed by atoms with E-state index < -0.39 is 25.1 Å². The zero-order chi connectivity index (χ0) is 18.9. The van der Waals surface area contributed by atoms with Gasteiger partial charge in [-0.1, -0.05) is 29.8 Å². The van der Waals surface area contributed by atoms with Crippen LogP contribution in [0.1, 0.15) is 15.9 Å². The predicted octanol–water partition coefficient (Wildman–Crippen LogP) is 3.46. The monoisotopic (exact) mass is 383 g/mol. The molecule has 0 saturated heterocycles. The molecule has 8 heteroatoms. The molecule has 0 atom stereocenters. The quantitative estimate of drug-likeness (QED) is 0.709. The molecule has 0 saturated carbocycles. The van der Waals surface area contributed by atoms with Gasteiger partial charge in [0.25, 0.3) is 5.91 Å². The third-order valence-electron chi connectivity index (χ3n) is 3.28. The minimum absolute atomic E-state index is 0.0112. The summed E-state index contributed by atoms with van der Waals surface area (Å²) in [6.07, 6.45) is 0.601. The molecule has 0 spiro atoms. The van der Waals surface area contributed by atoms with Crippen LogP contribution in [0, 0.1) is 0 Å². The van der Waals surface area contributed by atoms with E-state index in [0.29, 0.717) is 18.0 Å². The first kappa shape index (κ1) is 19.7. The second kappa shape index (κ2) is 9.72. The normalized spacial score (nSPS) is 10.5. The van der Waals surface area contributed by atoms with Crippen LogP contribution in [-0.2, 0) is 16.0 Å². The number of ether oxygens (including phenoxy) is 2. The summed E-state index contributed by atoms with van der Waals surface area (Å²) in [5.74, 6) is -1.44. The molecule has 2 aromatic rings. The van der Waals surface area contributed by atoms with Crippen LogP contribution in [0.15, 0.2) is 48.5 Å². The number of carbonyl (C=O) groups excluding carboxylic acids is 2. The van der Waals surface area contributed by atoms with Crippen LogP contribution in [0.4, 0.5) is 8.78 Å². The van der Waals surface area contributed by atoms with Crippen molar-refractivity contribution in [3.8, 4) is 5.75 Å². The number of alkyl halides is 2. The number of amides is 1. The Morgan fingerprint density at radius 2 is 1.85 bits per heavy atom. The lowest BCUT2D eigenvalue weighted by molar-refractivity contribution is -0.124. The third kappa shape index (κ3) is 6.68. The van der Waals surface area contributed by atoms with E-state index in [9.17, 15) is 18.4 Å². The lowest BCUT2D eigenvalue weighted by Crippen LogP contribution is -2.30. The smallest absolute Gasteiger partial charge is 0.387 e. The van der Waals surface area contributed by atoms with Crippen molar-refractivity contribution in [2.24, 2.45) is 0 Å². The van der Waals surface area contributed by atoms with E-state index in [1.165, 1.54) is 18.2 Å². The van der Waals surface area contributed by atoms with Gasteiger partial charge in [-0.25, -0.2) is 4.79 Å². The fourth-order valence-electron chi connectivity index (χ4n) is 2.06. The van der Waals surface area contributed by atoms with Crippen LogP contribution in [0.3, 0.4) is 0 Å². The van der Waals surface area contributed by atoms with Crippen molar-refractivity contribution in [3.05, 3.63) is 64.7 Å². The van der Waals surface area contributed by atoms with Crippen molar-refractivity contribution in [1.82, 2.24) is 5.32 Å². The highest BCUT2D eigenvalue weighted by atomic mass is 35.5. The van der Waals surface area contributed by atoms with Gasteiger partial charge in [-0.05, 0) is 42.3 Å². The highest BCUT2D eigenvalue weighted by molar-refractivity contribution is 6.30. The summed E-state index contributed by atoms with van der Waals surface area (Å²) in [6.45, 7) is -3.09. The SMILES string of the molecule is O=C(COC(=O)c1cccc(OC(F)F)c1)NCCc1ccc(Cl)cc1. The zero-order valence-electron chi connectivity index (χ0n) is 13.6. The summed E-state index contributed by atoms with van der Waals surface area (Å²) in [4.78, 5) is 23.6. The van der Waals surface area contributed by atoms with E-state index >= 15 is 0 Å². The highest BCUT2D eigenvalue weighted by Gasteiger charge is 2.12. The van der Waals surface area contributed by atoms with Gasteiger partial charge in [0.2, 0.25) is 0 Å². The van der Waals surface area contributed by atoms with Crippen LogP contribution < -0.4 is 10.1 Å². The van der Waals surface area contributed by atoms with Crippen LogP contribution >= 0.6 is 11.6 Å². The molecule has 5 nitrogen and oxygen atoms in total. The molecule has 0 aromatic heterocycles. The topological polar surface area (TPSA) is 64.6 Å². The van der Waals surface area contributed by atoms with Crippen molar-refractivity contribution in [2.45, 2.75) is 13.0 Å². The van der Waals surface area contributed by atoms with E-state index in [2.05, 4.69) is 10.1 Å². The van der Waals surface area contributed by atoms with E-state index in [4.69, 9.17) is 16.3 Å². The lowest BCUT2D eigenvalue weighted by Gasteiger charge is -2.08. The van der Waals surface area contributed by atoms with Gasteiger partial charge in [0.1, 0.15) is 5.75 Å². The molecule has 0 radical (unpaired) electrons. The van der Waals surface area contributed by atoms with Crippen LogP contribution in [0.5, 0.6) is 5.75 Å². The minimum Gasteiger partial charge on any atom is -0.452 e. The van der Waals surface area contributed by atoms with Gasteiger partial charge in [0, 0.05) is 11.6 Å². The first-order valence-electron chi connectivity index (χ1n) is 7.67. The fourth-order valence-corrected chi connectivity index (χ4v) is 2.19. The van der Waals surface area contributed by atoms with E-state index in [1.54, 1.807) is 12.1 Å². The summed E-state index contributed by atoms with van der Waals surface area (Å²) in [5, 5.41) is 3.25. The van der Waals surface area contributed by atoms with Crippen molar-refractivity contribution in [1.29, 1.82) is 0 Å². The average molecular weight is 384 g/mol. The molecule has 2 rings (SSSR count). The van der Waals surface area contributed by atoms with Gasteiger partial charge in [-0.2, -0.15) is 8.78 Å². The molecule has 1 amide bonds. The molecule has 0 fully saturated rings. The maximum Gasteiger partial charge on any atom is 0.387 e. The Hall–Kier alpha value is -2.67. The molecule has 138 valence electrons. The first-order valence-corrected chi connectivity index (χ1v) is 8.05. The molecule has 2 aromatic carbocycles. The Morgan fingerprint density at radius 3 is 2.54 bits per heavy atom. The predicted molar refractivity (Wildman–Crippen MR) is 91.5 cm³/mol. The number of carbonyl (C=O) groups is 2. The molecule has 0 unspecified atom stereocenters. The van der Waals surface area contributed by atoms with Gasteiger partial charge in [0.15, 0.2) is 6.61 Å². The molecular weight excluding hydrogens is 368 g/mol. The third-order valence-corrected chi connectivity index (χ3v) is 3.53. The van der Waals surface area contributed by atoms with Gasteiger partial charge >= 0.3 is 12.6 Å². The second-order valence-corrected chi connectivity index (χ2v) is 5.65. The standard InChI is InChI=1S/C18H16ClF2NO4/c19-14-6-4-12(5-7-14)8-9-22-16(23)11-25-17(24)13-2-1-3-15(10-13)26-18(20)21/h1-7,10,18H,8-9,11H2,(H,22,23). The maximum atomic E-state index is 12.2. The second-order valence-electron chi connectivity index (χ2n) is 5.21. The van der Waals surface area contributed by atoms with E-state index in [-0.39, 0.29) is 11.3 Å². The van der Waals surface area contributed by atoms with Crippen molar-refractivity contribution < 1.29 is 27.8 Å². The van der Waals surface area contributed by atoms with Gasteiger partial charge in [-0.3, -0.25) is 4.79 Å². The Balaban J connectivity index is 1.74. The lowest BCUT2D eigenvalue weighted by atomic mass is 10.1. The van der Waals surface area contributed by atoms with Gasteiger partial charge < -0.3 is 14.8 Å². The molecule has 0 bridgehead atoms. The molecule has 0 aliphatic rings. The molecule has 0 aliphatic heterocycles. The van der Waals surface area contributed by atoms with Crippen molar-refractivity contribution in [3.63, 3.8) is 0 Å². The summed E-state index contributed by atoms with van der Waals surface area (Å²) in [5.41, 5.74) is 1.01. The Bertz CT molecular complexity index is 753. The number of nitrogens with one attached hydrogen (secondary N) is 1. The average Bonchev–Trinajstić information content (AvgIpc) is 2.61. The molecule has 1 N–H and O–H groups in total. The summed E-state index contributed by atoms with van der Waals surface area (Å²) in [6, 6.07) is 12.4. The van der Waals surface area contributed by atoms with Gasteiger partial charge in [-0.15, -0.1) is 0 Å². The highest BCUT2D eigenvalue weighted by Crippen LogP contribution is 2.16. The Labute approximate surface area is 153 Å². The maximum absolute atomic E-state index is 12.2. The molecule has 0 heterocycles. The minimum atomic E-state index is -2.99. The summed E-state index contributed by atoms with van der Waals surface area (Å²) in [7, 11) is 0. The van der Waals surface area contributed by atoms with Crippen molar-refractivity contribution >= 4 is 23.5 Å². The van der Waals surface area contributed by atoms with Gasteiger partial charge in [0.05, 0.1) is 5.56 Å². The Kier molecular flexibility index (Phi) is 7.35. The number of esters is 1. The summed E-state index contributed by atoms with van der Waals surface area (Å²) >= 11 is 5.79. The van der Waals surface area contributed by atoms with Crippen LogP contribution in [-0.4, -0.2) is 31.6 Å². The molecule has 26 heavy (non-hydrogen) atoms. The molecule has 0 aliphatic carbocycles. The number of halogens is 3. The van der Waals surface area contributed by atoms with E-state index in [0.717, 1.165) is 11.6 Å². The number of benzene rings is 2. The Morgan fingerprint density at radius 1 is 1.12 bits per heavy atom. The first-order chi connectivity index (χ1) is 12.4. The van der Waals surface area contributed by atoms with Crippen molar-refractivity contribution in [2.75, 3.05) is 13.2 Å². The molecular formula is C18H16ClF2NO4.